The van der Waals surface area contributed by atoms with Crippen molar-refractivity contribution in [1.29, 1.82) is 0 Å². The molecule has 1 saturated heterocycles. The third-order valence-electron chi connectivity index (χ3n) is 1.94. The molecule has 78 valence electrons. The average molecular weight is 259 g/mol. The van der Waals surface area contributed by atoms with Crippen molar-refractivity contribution < 1.29 is 30.3 Å². The molecule has 1 fully saturated rings. The Labute approximate surface area is 82.5 Å². The van der Waals surface area contributed by atoms with Crippen molar-refractivity contribution in [3.8, 4) is 0 Å². The lowest BCUT2D eigenvalue weighted by atomic mass is 9.99. The highest BCUT2D eigenvalue weighted by Crippen LogP contribution is 2.33. The maximum atomic E-state index is 9.33. The van der Waals surface area contributed by atoms with E-state index in [1.807, 2.05) is 0 Å². The second kappa shape index (κ2) is 3.77. The van der Waals surface area contributed by atoms with Crippen molar-refractivity contribution in [3.05, 3.63) is 0 Å². The second-order valence-electron chi connectivity index (χ2n) is 2.88. The van der Waals surface area contributed by atoms with E-state index in [0.717, 1.165) is 0 Å². The fourth-order valence-electron chi connectivity index (χ4n) is 1.08. The normalized spacial score (nSPS) is 52.2. The van der Waals surface area contributed by atoms with E-state index >= 15 is 0 Å². The summed E-state index contributed by atoms with van der Waals surface area (Å²) in [6.07, 6.45) is -6.33. The van der Waals surface area contributed by atoms with Gasteiger partial charge in [0.15, 0.2) is 10.8 Å². The molecule has 1 aliphatic heterocycles. The van der Waals surface area contributed by atoms with E-state index in [1.165, 1.54) is 0 Å². The number of aliphatic hydroxyl groups excluding tert-OH is 5. The van der Waals surface area contributed by atoms with Crippen LogP contribution in [-0.4, -0.2) is 61.3 Å². The van der Waals surface area contributed by atoms with Gasteiger partial charge >= 0.3 is 0 Å². The number of hydrogen-bond donors (Lipinski definition) is 5. The summed E-state index contributed by atoms with van der Waals surface area (Å²) in [4.78, 5) is 0. The molecule has 5 atom stereocenters. The molecule has 0 aromatic carbocycles. The Balaban J connectivity index is 2.82. The van der Waals surface area contributed by atoms with Gasteiger partial charge in [-0.25, -0.2) is 0 Å². The Morgan fingerprint density at radius 1 is 1.15 bits per heavy atom. The minimum Gasteiger partial charge on any atom is -0.392 e. The van der Waals surface area contributed by atoms with Gasteiger partial charge in [0.25, 0.3) is 0 Å². The summed E-state index contributed by atoms with van der Waals surface area (Å²) in [7, 11) is 0. The third-order valence-corrected chi connectivity index (χ3v) is 2.85. The zero-order valence-corrected chi connectivity index (χ0v) is 8.12. The molecule has 7 heteroatoms. The van der Waals surface area contributed by atoms with Gasteiger partial charge in [-0.15, -0.1) is 0 Å². The molecule has 0 radical (unpaired) electrons. The van der Waals surface area contributed by atoms with E-state index < -0.39 is 35.7 Å². The molecule has 0 saturated carbocycles. The lowest BCUT2D eigenvalue weighted by molar-refractivity contribution is -0.296. The summed E-state index contributed by atoms with van der Waals surface area (Å²) in [5, 5.41) is 45.4. The molecule has 0 aliphatic carbocycles. The minimum absolute atomic E-state index is 0.644. The van der Waals surface area contributed by atoms with Gasteiger partial charge in [-0.3, -0.25) is 0 Å². The maximum Gasteiger partial charge on any atom is 0.185 e. The van der Waals surface area contributed by atoms with E-state index in [9.17, 15) is 10.2 Å². The van der Waals surface area contributed by atoms with Crippen molar-refractivity contribution >= 4 is 15.9 Å². The molecule has 1 aliphatic rings. The number of ether oxygens (including phenoxy) is 1. The first-order valence-corrected chi connectivity index (χ1v) is 4.41. The number of aliphatic hydroxyl groups is 5. The summed E-state index contributed by atoms with van der Waals surface area (Å²) >= 11 is 2.82. The summed E-state index contributed by atoms with van der Waals surface area (Å²) in [5.41, 5.74) is 0. The van der Waals surface area contributed by atoms with E-state index in [4.69, 9.17) is 15.3 Å². The molecule has 1 heterocycles. The molecule has 1 rings (SSSR count). The van der Waals surface area contributed by atoms with Crippen LogP contribution < -0.4 is 0 Å². The molecule has 0 spiro atoms. The lowest BCUT2D eigenvalue weighted by Gasteiger charge is -2.42. The van der Waals surface area contributed by atoms with Crippen molar-refractivity contribution in [2.75, 3.05) is 6.61 Å². The quantitative estimate of drug-likeness (QED) is 0.333. The highest BCUT2D eigenvalue weighted by molar-refractivity contribution is 9.10. The van der Waals surface area contributed by atoms with E-state index in [2.05, 4.69) is 20.7 Å². The molecule has 13 heavy (non-hydrogen) atoms. The molecular weight excluding hydrogens is 248 g/mol. The largest absolute Gasteiger partial charge is 0.392 e. The molecular formula is C6H11BrO6. The Morgan fingerprint density at radius 2 is 1.69 bits per heavy atom. The van der Waals surface area contributed by atoms with Crippen molar-refractivity contribution in [2.24, 2.45) is 0 Å². The molecule has 6 nitrogen and oxygen atoms in total. The maximum absolute atomic E-state index is 9.33. The molecule has 0 bridgehead atoms. The van der Waals surface area contributed by atoms with Crippen LogP contribution in [0.3, 0.4) is 0 Å². The van der Waals surface area contributed by atoms with Gasteiger partial charge in [-0.05, 0) is 15.9 Å². The van der Waals surface area contributed by atoms with Gasteiger partial charge in [0.05, 0.1) is 6.61 Å². The van der Waals surface area contributed by atoms with Crippen LogP contribution in [0.4, 0.5) is 0 Å². The first kappa shape index (κ1) is 11.3. The fraction of sp³-hybridized carbons (Fsp3) is 1.00. The van der Waals surface area contributed by atoms with Crippen LogP contribution in [0.5, 0.6) is 0 Å². The first-order chi connectivity index (χ1) is 5.92. The highest BCUT2D eigenvalue weighted by Gasteiger charge is 2.51. The molecule has 0 aromatic heterocycles. The zero-order valence-electron chi connectivity index (χ0n) is 6.54. The van der Waals surface area contributed by atoms with E-state index in [1.54, 1.807) is 0 Å². The Morgan fingerprint density at radius 3 is 2.15 bits per heavy atom. The fourth-order valence-corrected chi connectivity index (χ4v) is 1.54. The standard InChI is InChI=1S/C6H11BrO6/c7-6(1-8)4(11)2(9)3(10)5(12)13-6/h2-5,8-12H,1H2/t2-,3-,4-,5?,6-/m1/s1. The Bertz CT molecular complexity index is 190. The summed E-state index contributed by atoms with van der Waals surface area (Å²) in [5.74, 6) is 0. The van der Waals surface area contributed by atoms with Crippen LogP contribution in [0, 0.1) is 0 Å². The van der Waals surface area contributed by atoms with Crippen LogP contribution in [-0.2, 0) is 4.74 Å². The first-order valence-electron chi connectivity index (χ1n) is 3.62. The van der Waals surface area contributed by atoms with Gasteiger partial charge in [0.2, 0.25) is 0 Å². The van der Waals surface area contributed by atoms with Crippen molar-refractivity contribution in [2.45, 2.75) is 29.1 Å². The molecule has 0 aromatic rings. The zero-order chi connectivity index (χ0) is 10.2. The molecule has 0 amide bonds. The number of alkyl halides is 1. The summed E-state index contributed by atoms with van der Waals surface area (Å²) in [6.45, 7) is -0.644. The van der Waals surface area contributed by atoms with Gasteiger partial charge in [0.1, 0.15) is 18.3 Å². The van der Waals surface area contributed by atoms with Crippen LogP contribution in [0.15, 0.2) is 0 Å². The predicted octanol–water partition coefficient (Wildman–Crippen LogP) is -2.50. The highest BCUT2D eigenvalue weighted by atomic mass is 79.9. The lowest BCUT2D eigenvalue weighted by Crippen LogP contribution is -2.63. The number of hydrogen-bond acceptors (Lipinski definition) is 6. The average Bonchev–Trinajstić information content (AvgIpc) is 2.12. The number of halogens is 1. The minimum atomic E-state index is -1.65. The SMILES string of the molecule is OC[C@@]1(Br)OC(O)[C@H](O)[C@@H](O)[C@H]1O. The van der Waals surface area contributed by atoms with E-state index in [-0.39, 0.29) is 0 Å². The Hall–Kier alpha value is 0.240. The molecule has 1 unspecified atom stereocenters. The van der Waals surface area contributed by atoms with Gasteiger partial charge in [-0.2, -0.15) is 0 Å². The van der Waals surface area contributed by atoms with Gasteiger partial charge in [0, 0.05) is 0 Å². The third kappa shape index (κ3) is 1.86. The molecule has 5 N–H and O–H groups in total. The Kier molecular flexibility index (Phi) is 3.29. The monoisotopic (exact) mass is 258 g/mol. The van der Waals surface area contributed by atoms with Crippen LogP contribution in [0.25, 0.3) is 0 Å². The second-order valence-corrected chi connectivity index (χ2v) is 4.22. The van der Waals surface area contributed by atoms with Crippen LogP contribution >= 0.6 is 15.9 Å². The van der Waals surface area contributed by atoms with Crippen LogP contribution in [0.2, 0.25) is 0 Å². The van der Waals surface area contributed by atoms with Gasteiger partial charge in [-0.1, -0.05) is 0 Å². The van der Waals surface area contributed by atoms with E-state index in [0.29, 0.717) is 0 Å². The van der Waals surface area contributed by atoms with Crippen molar-refractivity contribution in [1.82, 2.24) is 0 Å². The van der Waals surface area contributed by atoms with Crippen LogP contribution in [0.1, 0.15) is 0 Å². The summed E-state index contributed by atoms with van der Waals surface area (Å²) < 4.78 is 3.05. The summed E-state index contributed by atoms with van der Waals surface area (Å²) in [6, 6.07) is 0. The predicted molar refractivity (Wildman–Crippen MR) is 43.9 cm³/mol. The number of rotatable bonds is 1. The smallest absolute Gasteiger partial charge is 0.185 e. The topological polar surface area (TPSA) is 110 Å². The van der Waals surface area contributed by atoms with Gasteiger partial charge < -0.3 is 30.3 Å². The van der Waals surface area contributed by atoms with Crippen molar-refractivity contribution in [3.63, 3.8) is 0 Å².